The van der Waals surface area contributed by atoms with Gasteiger partial charge < -0.3 is 14.8 Å². The number of nitrogens with zero attached hydrogens (tertiary/aromatic N) is 2. The molecule has 1 aromatic carbocycles. The van der Waals surface area contributed by atoms with Crippen LogP contribution in [-0.4, -0.2) is 55.6 Å². The number of aromatic nitrogens is 1. The Labute approximate surface area is 200 Å². The number of carbonyl (C=O) groups is 2. The normalized spacial score (nSPS) is 13.3. The Kier molecular flexibility index (Phi) is 7.58. The first kappa shape index (κ1) is 23.2. The third-order valence-corrected chi connectivity index (χ3v) is 7.05. The first-order chi connectivity index (χ1) is 16.1. The lowest BCUT2D eigenvalue weighted by Crippen LogP contribution is -2.40. The van der Waals surface area contributed by atoms with Crippen LogP contribution in [0.4, 0.5) is 5.13 Å². The first-order valence-corrected chi connectivity index (χ1v) is 12.3. The Morgan fingerprint density at radius 3 is 2.79 bits per heavy atom. The van der Waals surface area contributed by atoms with Gasteiger partial charge in [0.15, 0.2) is 16.6 Å². The highest BCUT2D eigenvalue weighted by atomic mass is 32.1. The lowest BCUT2D eigenvalue weighted by atomic mass is 10.1. The van der Waals surface area contributed by atoms with E-state index in [9.17, 15) is 9.59 Å². The summed E-state index contributed by atoms with van der Waals surface area (Å²) in [7, 11) is 3.21. The van der Waals surface area contributed by atoms with Crippen LogP contribution in [0.15, 0.2) is 35.0 Å². The van der Waals surface area contributed by atoms with Gasteiger partial charge in [0.25, 0.3) is 5.91 Å². The number of ether oxygens (including phenoxy) is 2. The molecule has 0 saturated carbocycles. The molecule has 8 nitrogen and oxygen atoms in total. The first-order valence-electron chi connectivity index (χ1n) is 10.6. The van der Waals surface area contributed by atoms with Crippen molar-refractivity contribution in [3.8, 4) is 11.5 Å². The van der Waals surface area contributed by atoms with Gasteiger partial charge in [-0.05, 0) is 35.6 Å². The summed E-state index contributed by atoms with van der Waals surface area (Å²) in [6, 6.07) is 7.56. The summed E-state index contributed by atoms with van der Waals surface area (Å²) in [6.07, 6.45) is 1.47. The zero-order valence-corrected chi connectivity index (χ0v) is 20.2. The van der Waals surface area contributed by atoms with Crippen molar-refractivity contribution < 1.29 is 19.1 Å². The highest BCUT2D eigenvalue weighted by Crippen LogP contribution is 2.29. The molecule has 4 rings (SSSR count). The monoisotopic (exact) mass is 486 g/mol. The van der Waals surface area contributed by atoms with E-state index in [0.29, 0.717) is 48.2 Å². The van der Waals surface area contributed by atoms with Gasteiger partial charge in [0.05, 0.1) is 32.0 Å². The molecule has 0 fully saturated rings. The van der Waals surface area contributed by atoms with Crippen molar-refractivity contribution in [3.63, 3.8) is 0 Å². The van der Waals surface area contributed by atoms with E-state index in [1.165, 1.54) is 22.7 Å². The van der Waals surface area contributed by atoms with Gasteiger partial charge in [-0.2, -0.15) is 11.3 Å². The smallest absolute Gasteiger partial charge is 0.258 e. The van der Waals surface area contributed by atoms with Gasteiger partial charge in [-0.25, -0.2) is 4.98 Å². The molecule has 33 heavy (non-hydrogen) atoms. The number of fused-ring (bicyclic) bond motifs is 1. The van der Waals surface area contributed by atoms with E-state index in [2.05, 4.69) is 20.5 Å². The fourth-order valence-electron chi connectivity index (χ4n) is 3.64. The minimum absolute atomic E-state index is 0.00516. The van der Waals surface area contributed by atoms with E-state index >= 15 is 0 Å². The summed E-state index contributed by atoms with van der Waals surface area (Å²) >= 11 is 2.96. The number of benzene rings is 1. The molecule has 0 radical (unpaired) electrons. The molecule has 174 valence electrons. The lowest BCUT2D eigenvalue weighted by Gasteiger charge is -2.25. The summed E-state index contributed by atoms with van der Waals surface area (Å²) in [5, 5.41) is 10.2. The third kappa shape index (κ3) is 5.89. The highest BCUT2D eigenvalue weighted by molar-refractivity contribution is 7.16. The highest BCUT2D eigenvalue weighted by Gasteiger charge is 2.23. The standard InChI is InChI=1S/C23H26N4O4S2/c1-30-18-4-3-15(11-19(18)31-2)5-8-24-21(28)13-27-9-6-17-20(12-27)33-23(25-17)26-22(29)16-7-10-32-14-16/h3-4,7,10-11,14H,5-6,8-9,12-13H2,1-2H3,(H,24,28)(H,25,26,29). The number of amides is 2. The van der Waals surface area contributed by atoms with E-state index < -0.39 is 0 Å². The number of anilines is 1. The molecule has 10 heteroatoms. The number of carbonyl (C=O) groups excluding carboxylic acids is 2. The number of methoxy groups -OCH3 is 2. The molecule has 0 spiro atoms. The molecule has 0 aliphatic carbocycles. The van der Waals surface area contributed by atoms with E-state index in [0.717, 1.165) is 29.1 Å². The maximum Gasteiger partial charge on any atom is 0.258 e. The maximum absolute atomic E-state index is 12.5. The van der Waals surface area contributed by atoms with Gasteiger partial charge in [0.1, 0.15) is 0 Å². The summed E-state index contributed by atoms with van der Waals surface area (Å²) in [6.45, 7) is 2.30. The largest absolute Gasteiger partial charge is 0.493 e. The average molecular weight is 487 g/mol. The van der Waals surface area contributed by atoms with Crippen LogP contribution in [0.3, 0.4) is 0 Å². The molecule has 3 aromatic rings. The SMILES string of the molecule is COc1ccc(CCNC(=O)CN2CCc3nc(NC(=O)c4ccsc4)sc3C2)cc1OC. The number of rotatable bonds is 9. The number of hydrogen-bond acceptors (Lipinski definition) is 8. The van der Waals surface area contributed by atoms with E-state index in [-0.39, 0.29) is 11.8 Å². The topological polar surface area (TPSA) is 92.8 Å². The Balaban J connectivity index is 1.24. The van der Waals surface area contributed by atoms with E-state index in [1.54, 1.807) is 20.3 Å². The molecule has 0 saturated heterocycles. The molecule has 2 amide bonds. The van der Waals surface area contributed by atoms with E-state index in [4.69, 9.17) is 9.47 Å². The molecule has 2 N–H and O–H groups in total. The molecule has 2 aromatic heterocycles. The molecule has 0 atom stereocenters. The van der Waals surface area contributed by atoms with Gasteiger partial charge in [-0.1, -0.05) is 6.07 Å². The number of nitrogens with one attached hydrogen (secondary N) is 2. The molecule has 1 aliphatic heterocycles. The zero-order valence-electron chi connectivity index (χ0n) is 18.6. The van der Waals surface area contributed by atoms with Crippen LogP contribution in [0.5, 0.6) is 11.5 Å². The van der Waals surface area contributed by atoms with Gasteiger partial charge in [-0.15, -0.1) is 11.3 Å². The van der Waals surface area contributed by atoms with Crippen LogP contribution in [0.2, 0.25) is 0 Å². The van der Waals surface area contributed by atoms with E-state index in [1.807, 2.05) is 29.0 Å². The van der Waals surface area contributed by atoms with Gasteiger partial charge >= 0.3 is 0 Å². The number of hydrogen-bond donors (Lipinski definition) is 2. The second kappa shape index (κ2) is 10.8. The second-order valence-corrected chi connectivity index (χ2v) is 9.47. The molecule has 3 heterocycles. The Morgan fingerprint density at radius 2 is 2.03 bits per heavy atom. The number of thiophene rings is 1. The van der Waals surface area contributed by atoms with Crippen LogP contribution >= 0.6 is 22.7 Å². The minimum atomic E-state index is -0.145. The van der Waals surface area contributed by atoms with Crippen LogP contribution in [0.25, 0.3) is 0 Å². The van der Waals surface area contributed by atoms with Crippen molar-refractivity contribution in [1.82, 2.24) is 15.2 Å². The van der Waals surface area contributed by atoms with Crippen molar-refractivity contribution in [2.75, 3.05) is 39.2 Å². The average Bonchev–Trinajstić information content (AvgIpc) is 3.48. The van der Waals surface area contributed by atoms with Gasteiger partial charge in [-0.3, -0.25) is 19.8 Å². The maximum atomic E-state index is 12.5. The molecule has 1 aliphatic rings. The van der Waals surface area contributed by atoms with Crippen molar-refractivity contribution in [3.05, 3.63) is 56.7 Å². The van der Waals surface area contributed by atoms with Crippen LogP contribution in [0.1, 0.15) is 26.5 Å². The Hall–Kier alpha value is -2.95. The third-order valence-electron chi connectivity index (χ3n) is 5.37. The van der Waals surface area contributed by atoms with Crippen LogP contribution < -0.4 is 20.1 Å². The van der Waals surface area contributed by atoms with Gasteiger partial charge in [0.2, 0.25) is 5.91 Å². The Morgan fingerprint density at radius 1 is 1.18 bits per heavy atom. The Bertz CT molecular complexity index is 1110. The molecule has 0 bridgehead atoms. The zero-order chi connectivity index (χ0) is 23.2. The summed E-state index contributed by atoms with van der Waals surface area (Å²) in [4.78, 5) is 32.5. The quantitative estimate of drug-likeness (QED) is 0.483. The number of thiazole rings is 1. The van der Waals surface area contributed by atoms with Crippen LogP contribution in [0, 0.1) is 0 Å². The lowest BCUT2D eigenvalue weighted by molar-refractivity contribution is -0.122. The molecule has 0 unspecified atom stereocenters. The molecular weight excluding hydrogens is 460 g/mol. The van der Waals surface area contributed by atoms with Crippen molar-refractivity contribution >= 4 is 39.6 Å². The summed E-state index contributed by atoms with van der Waals surface area (Å²) < 4.78 is 10.6. The fourth-order valence-corrected chi connectivity index (χ4v) is 5.32. The van der Waals surface area contributed by atoms with Crippen molar-refractivity contribution in [2.45, 2.75) is 19.4 Å². The second-order valence-electron chi connectivity index (χ2n) is 7.60. The van der Waals surface area contributed by atoms with Crippen molar-refractivity contribution in [1.29, 1.82) is 0 Å². The molecular formula is C23H26N4O4S2. The predicted molar refractivity (Wildman–Crippen MR) is 130 cm³/mol. The van der Waals surface area contributed by atoms with Gasteiger partial charge in [0, 0.05) is 36.3 Å². The predicted octanol–water partition coefficient (Wildman–Crippen LogP) is 3.19. The summed E-state index contributed by atoms with van der Waals surface area (Å²) in [5.41, 5.74) is 2.71. The fraction of sp³-hybridized carbons (Fsp3) is 0.348. The van der Waals surface area contributed by atoms with Crippen LogP contribution in [-0.2, 0) is 24.2 Å². The minimum Gasteiger partial charge on any atom is -0.493 e. The summed E-state index contributed by atoms with van der Waals surface area (Å²) in [5.74, 6) is 1.22. The van der Waals surface area contributed by atoms with Crippen molar-refractivity contribution in [2.24, 2.45) is 0 Å².